The van der Waals surface area contributed by atoms with E-state index in [-0.39, 0.29) is 18.6 Å². The number of aliphatic hydroxyl groups is 1. The molecule has 0 aliphatic carbocycles. The van der Waals surface area contributed by atoms with Crippen LogP contribution in [0.25, 0.3) is 0 Å². The zero-order valence-corrected chi connectivity index (χ0v) is 10.5. The maximum Gasteiger partial charge on any atom is 0.254 e. The number of hydrogen-bond acceptors (Lipinski definition) is 3. The molecule has 3 N–H and O–H groups in total. The fourth-order valence-corrected chi connectivity index (χ4v) is 2.52. The third kappa shape index (κ3) is 2.82. The lowest BCUT2D eigenvalue weighted by Gasteiger charge is -2.24. The number of carbonyl (C=O) groups is 1. The van der Waals surface area contributed by atoms with Gasteiger partial charge < -0.3 is 15.7 Å². The molecule has 1 aromatic carbocycles. The second-order valence-electron chi connectivity index (χ2n) is 4.78. The largest absolute Gasteiger partial charge is 0.399 e. The summed E-state index contributed by atoms with van der Waals surface area (Å²) >= 11 is 0. The quantitative estimate of drug-likeness (QED) is 0.796. The minimum atomic E-state index is 0.0791. The van der Waals surface area contributed by atoms with Crippen LogP contribution >= 0.6 is 0 Å². The smallest absolute Gasteiger partial charge is 0.254 e. The number of carbonyl (C=O) groups excluding carboxylic acids is 1. The number of aliphatic hydroxyl groups excluding tert-OH is 1. The minimum absolute atomic E-state index is 0.0791. The Bertz CT molecular complexity index is 403. The molecular weight excluding hydrogens is 228 g/mol. The highest BCUT2D eigenvalue weighted by atomic mass is 16.3. The minimum Gasteiger partial charge on any atom is -0.399 e. The van der Waals surface area contributed by atoms with Crippen molar-refractivity contribution < 1.29 is 9.90 Å². The van der Waals surface area contributed by atoms with Crippen molar-refractivity contribution in [2.24, 2.45) is 0 Å². The van der Waals surface area contributed by atoms with Gasteiger partial charge in [0.1, 0.15) is 0 Å². The fourth-order valence-electron chi connectivity index (χ4n) is 2.52. The van der Waals surface area contributed by atoms with Crippen molar-refractivity contribution in [2.45, 2.75) is 31.7 Å². The number of amides is 1. The third-order valence-electron chi connectivity index (χ3n) is 3.49. The second kappa shape index (κ2) is 5.87. The van der Waals surface area contributed by atoms with Gasteiger partial charge in [-0.3, -0.25) is 4.79 Å². The molecule has 1 unspecified atom stereocenters. The first-order chi connectivity index (χ1) is 8.72. The van der Waals surface area contributed by atoms with E-state index in [2.05, 4.69) is 0 Å². The molecule has 1 amide bonds. The zero-order chi connectivity index (χ0) is 13.0. The first-order valence-electron chi connectivity index (χ1n) is 6.49. The monoisotopic (exact) mass is 248 g/mol. The summed E-state index contributed by atoms with van der Waals surface area (Å²) in [6.07, 6.45) is 3.74. The molecule has 1 aromatic rings. The van der Waals surface area contributed by atoms with E-state index in [0.717, 1.165) is 32.2 Å². The highest BCUT2D eigenvalue weighted by molar-refractivity contribution is 5.94. The van der Waals surface area contributed by atoms with Crippen molar-refractivity contribution in [1.29, 1.82) is 0 Å². The van der Waals surface area contributed by atoms with Gasteiger partial charge in [0.15, 0.2) is 0 Å². The molecule has 0 radical (unpaired) electrons. The van der Waals surface area contributed by atoms with Crippen LogP contribution < -0.4 is 5.73 Å². The molecule has 2 rings (SSSR count). The zero-order valence-electron chi connectivity index (χ0n) is 10.5. The van der Waals surface area contributed by atoms with Gasteiger partial charge in [-0.25, -0.2) is 0 Å². The molecule has 1 heterocycles. The Labute approximate surface area is 107 Å². The van der Waals surface area contributed by atoms with Crippen molar-refractivity contribution in [3.8, 4) is 0 Å². The van der Waals surface area contributed by atoms with Crippen molar-refractivity contribution in [3.63, 3.8) is 0 Å². The molecule has 0 spiro atoms. The molecular formula is C14H20N2O2. The maximum atomic E-state index is 12.4. The van der Waals surface area contributed by atoms with Gasteiger partial charge in [0.2, 0.25) is 0 Å². The standard InChI is InChI=1S/C14H20N2O2/c15-12-7-5-11(6-8-12)14(18)16-9-1-3-13(16)4-2-10-17/h5-8,13,17H,1-4,9-10,15H2. The van der Waals surface area contributed by atoms with E-state index in [9.17, 15) is 4.79 Å². The molecule has 1 aliphatic heterocycles. The molecule has 98 valence electrons. The summed E-state index contributed by atoms with van der Waals surface area (Å²) in [7, 11) is 0. The summed E-state index contributed by atoms with van der Waals surface area (Å²) in [5, 5.41) is 8.88. The Morgan fingerprint density at radius 2 is 2.11 bits per heavy atom. The Morgan fingerprint density at radius 3 is 2.78 bits per heavy atom. The summed E-state index contributed by atoms with van der Waals surface area (Å²) in [6, 6.07) is 7.35. The summed E-state index contributed by atoms with van der Waals surface area (Å²) in [5.74, 6) is 0.0791. The number of hydrogen-bond donors (Lipinski definition) is 2. The summed E-state index contributed by atoms with van der Waals surface area (Å²) in [4.78, 5) is 14.3. The second-order valence-corrected chi connectivity index (χ2v) is 4.78. The van der Waals surface area contributed by atoms with Gasteiger partial charge in [-0.05, 0) is 49.9 Å². The van der Waals surface area contributed by atoms with E-state index in [4.69, 9.17) is 10.8 Å². The Balaban J connectivity index is 2.05. The Hall–Kier alpha value is -1.55. The number of nitrogens with zero attached hydrogens (tertiary/aromatic N) is 1. The highest BCUT2D eigenvalue weighted by Crippen LogP contribution is 2.23. The van der Waals surface area contributed by atoms with Crippen LogP contribution in [0.3, 0.4) is 0 Å². The van der Waals surface area contributed by atoms with Crippen LogP contribution in [0.5, 0.6) is 0 Å². The average Bonchev–Trinajstić information content (AvgIpc) is 2.84. The lowest BCUT2D eigenvalue weighted by molar-refractivity contribution is 0.0724. The van der Waals surface area contributed by atoms with E-state index >= 15 is 0 Å². The van der Waals surface area contributed by atoms with Crippen LogP contribution in [-0.4, -0.2) is 35.1 Å². The van der Waals surface area contributed by atoms with E-state index in [1.807, 2.05) is 4.90 Å². The topological polar surface area (TPSA) is 66.6 Å². The van der Waals surface area contributed by atoms with E-state index in [1.165, 1.54) is 0 Å². The molecule has 0 aromatic heterocycles. The number of anilines is 1. The molecule has 4 heteroatoms. The lowest BCUT2D eigenvalue weighted by Crippen LogP contribution is -2.35. The molecule has 1 atom stereocenters. The number of rotatable bonds is 4. The molecule has 18 heavy (non-hydrogen) atoms. The SMILES string of the molecule is Nc1ccc(C(=O)N2CCCC2CCCO)cc1. The van der Waals surface area contributed by atoms with Crippen LogP contribution in [0.2, 0.25) is 0 Å². The van der Waals surface area contributed by atoms with Crippen molar-refractivity contribution in [2.75, 3.05) is 18.9 Å². The van der Waals surface area contributed by atoms with E-state index in [1.54, 1.807) is 24.3 Å². The van der Waals surface area contributed by atoms with Crippen molar-refractivity contribution in [3.05, 3.63) is 29.8 Å². The van der Waals surface area contributed by atoms with E-state index < -0.39 is 0 Å². The Kier molecular flexibility index (Phi) is 4.20. The molecule has 4 nitrogen and oxygen atoms in total. The first kappa shape index (κ1) is 12.9. The first-order valence-corrected chi connectivity index (χ1v) is 6.49. The van der Waals surface area contributed by atoms with Crippen molar-refractivity contribution >= 4 is 11.6 Å². The predicted molar refractivity (Wildman–Crippen MR) is 71.2 cm³/mol. The lowest BCUT2D eigenvalue weighted by atomic mass is 10.1. The van der Waals surface area contributed by atoms with Gasteiger partial charge in [0.05, 0.1) is 0 Å². The van der Waals surface area contributed by atoms with Crippen LogP contribution in [0, 0.1) is 0 Å². The molecule has 0 saturated carbocycles. The third-order valence-corrected chi connectivity index (χ3v) is 3.49. The average molecular weight is 248 g/mol. The molecule has 1 aliphatic rings. The fraction of sp³-hybridized carbons (Fsp3) is 0.500. The van der Waals surface area contributed by atoms with Gasteiger partial charge in [0.25, 0.3) is 5.91 Å². The van der Waals surface area contributed by atoms with Crippen LogP contribution in [-0.2, 0) is 0 Å². The normalized spacial score (nSPS) is 19.2. The van der Waals surface area contributed by atoms with Gasteiger partial charge in [-0.2, -0.15) is 0 Å². The van der Waals surface area contributed by atoms with Gasteiger partial charge >= 0.3 is 0 Å². The maximum absolute atomic E-state index is 12.4. The highest BCUT2D eigenvalue weighted by Gasteiger charge is 2.28. The molecule has 1 saturated heterocycles. The van der Waals surface area contributed by atoms with Gasteiger partial charge in [-0.15, -0.1) is 0 Å². The molecule has 1 fully saturated rings. The van der Waals surface area contributed by atoms with E-state index in [0.29, 0.717) is 11.3 Å². The van der Waals surface area contributed by atoms with Gasteiger partial charge in [-0.1, -0.05) is 0 Å². The number of nitrogens with two attached hydrogens (primary N) is 1. The summed E-state index contributed by atoms with van der Waals surface area (Å²) < 4.78 is 0. The summed E-state index contributed by atoms with van der Waals surface area (Å²) in [6.45, 7) is 1.01. The summed E-state index contributed by atoms with van der Waals surface area (Å²) in [5.41, 5.74) is 6.99. The van der Waals surface area contributed by atoms with Crippen LogP contribution in [0.1, 0.15) is 36.0 Å². The number of likely N-dealkylation sites (tertiary alicyclic amines) is 1. The number of nitrogen functional groups attached to an aromatic ring is 1. The van der Waals surface area contributed by atoms with Gasteiger partial charge in [0, 0.05) is 30.4 Å². The van der Waals surface area contributed by atoms with Crippen LogP contribution in [0.4, 0.5) is 5.69 Å². The molecule has 0 bridgehead atoms. The van der Waals surface area contributed by atoms with Crippen LogP contribution in [0.15, 0.2) is 24.3 Å². The van der Waals surface area contributed by atoms with Crippen molar-refractivity contribution in [1.82, 2.24) is 4.90 Å². The number of benzene rings is 1. The Morgan fingerprint density at radius 1 is 1.39 bits per heavy atom. The predicted octanol–water partition coefficient (Wildman–Crippen LogP) is 1.65.